The van der Waals surface area contributed by atoms with Crippen molar-refractivity contribution in [2.45, 2.75) is 89.1 Å². The van der Waals surface area contributed by atoms with Crippen LogP contribution >= 0.6 is 0 Å². The summed E-state index contributed by atoms with van der Waals surface area (Å²) >= 11 is 0. The van der Waals surface area contributed by atoms with Crippen LogP contribution in [0.2, 0.25) is 0 Å². The number of fused-ring (bicyclic) bond motifs is 1. The zero-order valence-electron chi connectivity index (χ0n) is 16.3. The third kappa shape index (κ3) is 5.73. The Labute approximate surface area is 161 Å². The first-order valence-corrected chi connectivity index (χ1v) is 9.94. The van der Waals surface area contributed by atoms with E-state index < -0.39 is 11.9 Å². The van der Waals surface area contributed by atoms with Gasteiger partial charge in [-0.1, -0.05) is 49.6 Å². The van der Waals surface area contributed by atoms with Crippen molar-refractivity contribution < 1.29 is 29.2 Å². The van der Waals surface area contributed by atoms with Gasteiger partial charge in [0.2, 0.25) is 0 Å². The molecule has 5 atom stereocenters. The van der Waals surface area contributed by atoms with Gasteiger partial charge < -0.3 is 29.2 Å². The van der Waals surface area contributed by atoms with E-state index in [1.54, 1.807) is 0 Å². The Morgan fingerprint density at radius 2 is 1.89 bits per heavy atom. The first-order valence-electron chi connectivity index (χ1n) is 9.94. The van der Waals surface area contributed by atoms with Gasteiger partial charge in [-0.15, -0.1) is 0 Å². The second-order valence-electron chi connectivity index (χ2n) is 7.88. The van der Waals surface area contributed by atoms with Gasteiger partial charge in [-0.05, 0) is 32.3 Å². The van der Waals surface area contributed by atoms with E-state index in [2.05, 4.69) is 0 Å². The highest BCUT2D eigenvalue weighted by molar-refractivity contribution is 5.13. The summed E-state index contributed by atoms with van der Waals surface area (Å²) in [6, 6.07) is 10.1. The molecular formula is C21H32O6. The predicted octanol–water partition coefficient (Wildman–Crippen LogP) is 2.75. The van der Waals surface area contributed by atoms with E-state index in [4.69, 9.17) is 24.1 Å². The Bertz CT molecular complexity index is 563. The number of benzene rings is 1. The number of hydrogen-bond donors (Lipinski definition) is 2. The monoisotopic (exact) mass is 380 g/mol. The molecule has 0 amide bonds. The Morgan fingerprint density at radius 3 is 2.63 bits per heavy atom. The molecule has 2 aliphatic rings. The standard InChI is InChI=1S/C21H32O6/c1-21(2)26-19-18(24-14-15-9-5-3-6-10-15)17(25-20(19)27-21)12-8-4-7-11-16(23)13-22/h3,5-6,9-10,16-20,22-23H,4,7-8,11-14H2,1-2H3/t16-,17-,18+,19-,20-/m1/s1. The van der Waals surface area contributed by atoms with E-state index in [0.717, 1.165) is 31.2 Å². The summed E-state index contributed by atoms with van der Waals surface area (Å²) in [5.74, 6) is -0.658. The highest BCUT2D eigenvalue weighted by Gasteiger charge is 2.55. The van der Waals surface area contributed by atoms with Gasteiger partial charge in [0.05, 0.1) is 25.4 Å². The van der Waals surface area contributed by atoms with Gasteiger partial charge in [-0.2, -0.15) is 0 Å². The number of hydrogen-bond acceptors (Lipinski definition) is 6. The quantitative estimate of drug-likeness (QED) is 0.608. The minimum absolute atomic E-state index is 0.0671. The minimum atomic E-state index is -0.658. The Kier molecular flexibility index (Phi) is 7.25. The number of rotatable bonds is 10. The molecule has 0 saturated carbocycles. The van der Waals surface area contributed by atoms with Gasteiger partial charge in [-0.25, -0.2) is 0 Å². The van der Waals surface area contributed by atoms with Crippen LogP contribution < -0.4 is 0 Å². The SMILES string of the molecule is CC1(C)O[C@H]2O[C@H](CCCCC[C@@H](O)CO)[C@H](OCc3ccccc3)[C@H]2O1. The third-order valence-electron chi connectivity index (χ3n) is 5.11. The first kappa shape index (κ1) is 20.7. The lowest BCUT2D eigenvalue weighted by Gasteiger charge is -2.26. The van der Waals surface area contributed by atoms with Gasteiger partial charge in [0.15, 0.2) is 12.1 Å². The maximum atomic E-state index is 9.42. The van der Waals surface area contributed by atoms with Gasteiger partial charge in [-0.3, -0.25) is 0 Å². The van der Waals surface area contributed by atoms with Crippen LogP contribution in [0.1, 0.15) is 51.5 Å². The fraction of sp³-hybridized carbons (Fsp3) is 0.714. The molecule has 0 unspecified atom stereocenters. The average Bonchev–Trinajstić information content (AvgIpc) is 3.11. The second-order valence-corrected chi connectivity index (χ2v) is 7.88. The molecule has 152 valence electrons. The van der Waals surface area contributed by atoms with E-state index >= 15 is 0 Å². The first-order chi connectivity index (χ1) is 13.0. The maximum Gasteiger partial charge on any atom is 0.190 e. The lowest BCUT2D eigenvalue weighted by molar-refractivity contribution is -0.219. The molecule has 27 heavy (non-hydrogen) atoms. The van der Waals surface area contributed by atoms with Gasteiger partial charge in [0.1, 0.15) is 12.2 Å². The summed E-state index contributed by atoms with van der Waals surface area (Å²) < 4.78 is 24.2. The largest absolute Gasteiger partial charge is 0.394 e. The van der Waals surface area contributed by atoms with Crippen LogP contribution in [0, 0.1) is 0 Å². The summed E-state index contributed by atoms with van der Waals surface area (Å²) in [6.07, 6.45) is 2.86. The van der Waals surface area contributed by atoms with E-state index in [1.807, 2.05) is 44.2 Å². The molecule has 2 saturated heterocycles. The average molecular weight is 380 g/mol. The normalized spacial score (nSPS) is 30.4. The fourth-order valence-corrected chi connectivity index (χ4v) is 3.74. The number of aliphatic hydroxyl groups is 2. The number of ether oxygens (including phenoxy) is 4. The van der Waals surface area contributed by atoms with Crippen molar-refractivity contribution in [3.63, 3.8) is 0 Å². The van der Waals surface area contributed by atoms with Crippen molar-refractivity contribution in [1.82, 2.24) is 0 Å². The van der Waals surface area contributed by atoms with Crippen molar-refractivity contribution in [1.29, 1.82) is 0 Å². The zero-order valence-corrected chi connectivity index (χ0v) is 16.3. The van der Waals surface area contributed by atoms with Crippen LogP contribution in [0.3, 0.4) is 0 Å². The molecule has 6 nitrogen and oxygen atoms in total. The molecule has 0 aliphatic carbocycles. The van der Waals surface area contributed by atoms with Crippen molar-refractivity contribution in [2.24, 2.45) is 0 Å². The van der Waals surface area contributed by atoms with Gasteiger partial charge in [0, 0.05) is 0 Å². The smallest absolute Gasteiger partial charge is 0.190 e. The molecule has 6 heteroatoms. The van der Waals surface area contributed by atoms with E-state index in [9.17, 15) is 5.11 Å². The summed E-state index contributed by atoms with van der Waals surface area (Å²) in [4.78, 5) is 0. The second kappa shape index (κ2) is 9.45. The molecule has 0 bridgehead atoms. The van der Waals surface area contributed by atoms with Crippen molar-refractivity contribution >= 4 is 0 Å². The fourth-order valence-electron chi connectivity index (χ4n) is 3.74. The molecule has 2 fully saturated rings. The molecule has 2 heterocycles. The molecule has 1 aromatic rings. The molecule has 2 N–H and O–H groups in total. The zero-order chi connectivity index (χ0) is 19.3. The van der Waals surface area contributed by atoms with Crippen molar-refractivity contribution in [3.05, 3.63) is 35.9 Å². The Morgan fingerprint density at radius 1 is 1.11 bits per heavy atom. The van der Waals surface area contributed by atoms with Crippen molar-refractivity contribution in [3.8, 4) is 0 Å². The van der Waals surface area contributed by atoms with E-state index in [1.165, 1.54) is 0 Å². The van der Waals surface area contributed by atoms with Crippen LogP contribution in [0.15, 0.2) is 30.3 Å². The van der Waals surface area contributed by atoms with Crippen LogP contribution in [0.25, 0.3) is 0 Å². The maximum absolute atomic E-state index is 9.42. The highest BCUT2D eigenvalue weighted by Crippen LogP contribution is 2.40. The summed E-state index contributed by atoms with van der Waals surface area (Å²) in [6.45, 7) is 4.13. The van der Waals surface area contributed by atoms with Crippen LogP contribution in [-0.4, -0.2) is 53.3 Å². The molecule has 0 spiro atoms. The molecular weight excluding hydrogens is 348 g/mol. The van der Waals surface area contributed by atoms with Gasteiger partial charge >= 0.3 is 0 Å². The van der Waals surface area contributed by atoms with Crippen LogP contribution in [-0.2, 0) is 25.6 Å². The molecule has 0 aromatic heterocycles. The summed E-state index contributed by atoms with van der Waals surface area (Å²) in [7, 11) is 0. The number of unbranched alkanes of at least 4 members (excludes halogenated alkanes) is 2. The number of aliphatic hydroxyl groups excluding tert-OH is 2. The molecule has 1 aromatic carbocycles. The lowest BCUT2D eigenvalue weighted by Crippen LogP contribution is -2.36. The third-order valence-corrected chi connectivity index (χ3v) is 5.11. The van der Waals surface area contributed by atoms with Gasteiger partial charge in [0.25, 0.3) is 0 Å². The lowest BCUT2D eigenvalue weighted by atomic mass is 10.0. The molecule has 0 radical (unpaired) electrons. The highest BCUT2D eigenvalue weighted by atomic mass is 16.8. The van der Waals surface area contributed by atoms with Crippen LogP contribution in [0.5, 0.6) is 0 Å². The Balaban J connectivity index is 1.52. The predicted molar refractivity (Wildman–Crippen MR) is 99.9 cm³/mol. The molecule has 2 aliphatic heterocycles. The van der Waals surface area contributed by atoms with E-state index in [0.29, 0.717) is 13.0 Å². The van der Waals surface area contributed by atoms with E-state index in [-0.39, 0.29) is 31.2 Å². The Hall–Kier alpha value is -1.02. The topological polar surface area (TPSA) is 77.4 Å². The summed E-state index contributed by atoms with van der Waals surface area (Å²) in [5.41, 5.74) is 1.12. The van der Waals surface area contributed by atoms with Crippen molar-refractivity contribution in [2.75, 3.05) is 6.61 Å². The minimum Gasteiger partial charge on any atom is -0.394 e. The van der Waals surface area contributed by atoms with Crippen LogP contribution in [0.4, 0.5) is 0 Å². The summed E-state index contributed by atoms with van der Waals surface area (Å²) in [5, 5.41) is 18.3. The molecule has 3 rings (SSSR count).